The van der Waals surface area contributed by atoms with Crippen LogP contribution in [0.1, 0.15) is 27.7 Å². The van der Waals surface area contributed by atoms with Crippen molar-refractivity contribution < 1.29 is 117 Å². The Morgan fingerprint density at radius 1 is 0.397 bits per heavy atom. The van der Waals surface area contributed by atoms with Crippen molar-refractivity contribution in [3.05, 3.63) is 111 Å². The molecule has 0 amide bonds. The van der Waals surface area contributed by atoms with Crippen LogP contribution in [-0.2, 0) is 24.0 Å². The van der Waals surface area contributed by atoms with Gasteiger partial charge in [0.2, 0.25) is 105 Å². The van der Waals surface area contributed by atoms with Gasteiger partial charge in [-0.05, 0) is 39.3 Å². The Morgan fingerprint density at radius 3 is 0.948 bits per heavy atom. The van der Waals surface area contributed by atoms with Crippen LogP contribution in [0.2, 0.25) is 0 Å². The molecule has 0 aliphatic carbocycles. The number of allylic oxidation sites excluding steroid dienone is 2. The highest BCUT2D eigenvalue weighted by molar-refractivity contribution is 5.99. The highest BCUT2D eigenvalue weighted by Gasteiger charge is 2.43. The summed E-state index contributed by atoms with van der Waals surface area (Å²) < 4.78 is 239. The van der Waals surface area contributed by atoms with Crippen LogP contribution in [0.3, 0.4) is 0 Å². The topological polar surface area (TPSA) is 113 Å². The van der Waals surface area contributed by atoms with Gasteiger partial charge in [-0.15, -0.1) is 0 Å². The molecule has 26 heteroatoms. The smallest absolute Gasteiger partial charge is 0.417 e. The van der Waals surface area contributed by atoms with Gasteiger partial charge in [-0.3, -0.25) is 9.59 Å². The van der Waals surface area contributed by atoms with Crippen LogP contribution in [-0.4, -0.2) is 35.7 Å². The number of rotatable bonds is 7. The quantitative estimate of drug-likeness (QED) is 0.0581. The van der Waals surface area contributed by atoms with Gasteiger partial charge in [-0.25, -0.2) is 53.9 Å². The number of esters is 3. The molecule has 8 nitrogen and oxygen atoms in total. The lowest BCUT2D eigenvalue weighted by Crippen LogP contribution is -2.29. The van der Waals surface area contributed by atoms with Gasteiger partial charge < -0.3 is 14.2 Å². The first kappa shape index (κ1) is 49.6. The number of halogens is 18. The van der Waals surface area contributed by atoms with Crippen molar-refractivity contribution in [1.29, 1.82) is 0 Å². The predicted octanol–water partition coefficient (Wildman–Crippen LogP) is 8.50. The van der Waals surface area contributed by atoms with E-state index in [0.717, 1.165) is 26.8 Å². The van der Waals surface area contributed by atoms with Gasteiger partial charge in [-0.2, -0.15) is 39.5 Å². The molecule has 0 bridgehead atoms. The van der Waals surface area contributed by atoms with Crippen molar-refractivity contribution >= 4 is 29.5 Å². The second kappa shape index (κ2) is 19.7. The van der Waals surface area contributed by atoms with E-state index in [-0.39, 0.29) is 11.1 Å². The largest absolute Gasteiger partial charge is 0.491 e. The lowest BCUT2D eigenvalue weighted by molar-refractivity contribution is -0.190. The molecule has 0 spiro atoms. The van der Waals surface area contributed by atoms with Crippen molar-refractivity contribution in [2.45, 2.75) is 33.9 Å². The molecule has 3 aromatic rings. The third kappa shape index (κ3) is 11.8. The highest BCUT2D eigenvalue weighted by atomic mass is 19.4. The summed E-state index contributed by atoms with van der Waals surface area (Å²) >= 11 is 0. The van der Waals surface area contributed by atoms with Crippen molar-refractivity contribution in [3.8, 4) is 17.2 Å². The molecule has 0 heterocycles. The summed E-state index contributed by atoms with van der Waals surface area (Å²) in [6.07, 6.45) is -4.30. The van der Waals surface area contributed by atoms with Crippen LogP contribution in [0.25, 0.3) is 0 Å². The average Bonchev–Trinajstić information content (AvgIpc) is 3.14. The number of carbonyl (C=O) groups is 5. The van der Waals surface area contributed by atoms with E-state index in [1.807, 2.05) is 0 Å². The zero-order chi connectivity index (χ0) is 45.5. The maximum absolute atomic E-state index is 13.2. The molecule has 0 unspecified atom stereocenters. The molecule has 58 heavy (non-hydrogen) atoms. The molecule has 0 fully saturated rings. The van der Waals surface area contributed by atoms with Crippen molar-refractivity contribution in [2.24, 2.45) is 0 Å². The Bertz CT molecular complexity index is 2160. The third-order valence-corrected chi connectivity index (χ3v) is 5.96. The molecule has 0 aliphatic rings. The number of hydrogen-bond acceptors (Lipinski definition) is 8. The first-order valence-corrected chi connectivity index (χ1v) is 14.1. The normalized spacial score (nSPS) is 11.5. The minimum atomic E-state index is -5.65. The number of Topliss-reactive ketones (excluding diaryl/α,β-unsaturated/α-hetero) is 1. The Labute approximate surface area is 308 Å². The monoisotopic (exact) mass is 868 g/mol. The Hall–Kier alpha value is -6.37. The molecular weight excluding hydrogens is 854 g/mol. The second-order valence-electron chi connectivity index (χ2n) is 10.2. The fourth-order valence-electron chi connectivity index (χ4n) is 3.12. The average molecular weight is 868 g/mol. The maximum Gasteiger partial charge on any atom is 0.491 e. The minimum absolute atomic E-state index is 0.112. The van der Waals surface area contributed by atoms with Crippen LogP contribution in [0, 0.1) is 87.3 Å². The molecular formula is C32H14F18O8. The minimum Gasteiger partial charge on any atom is -0.417 e. The predicted molar refractivity (Wildman–Crippen MR) is 151 cm³/mol. The van der Waals surface area contributed by atoms with E-state index in [1.165, 1.54) is 6.92 Å². The number of alkyl halides is 3. The van der Waals surface area contributed by atoms with E-state index < -0.39 is 140 Å². The van der Waals surface area contributed by atoms with Gasteiger partial charge in [0, 0.05) is 11.6 Å². The van der Waals surface area contributed by atoms with E-state index in [2.05, 4.69) is 14.2 Å². The van der Waals surface area contributed by atoms with Crippen LogP contribution >= 0.6 is 0 Å². The summed E-state index contributed by atoms with van der Waals surface area (Å²) in [5.74, 6) is -48.6. The van der Waals surface area contributed by atoms with Crippen LogP contribution in [0.5, 0.6) is 17.2 Å². The van der Waals surface area contributed by atoms with Crippen molar-refractivity contribution in [3.63, 3.8) is 0 Å². The molecule has 3 aromatic carbocycles. The first-order valence-electron chi connectivity index (χ1n) is 14.1. The van der Waals surface area contributed by atoms with Crippen LogP contribution < -0.4 is 14.2 Å². The third-order valence-electron chi connectivity index (χ3n) is 5.96. The summed E-state index contributed by atoms with van der Waals surface area (Å²) in [5.41, 5.74) is -0.472. The number of benzene rings is 3. The Kier molecular flexibility index (Phi) is 16.8. The first-order chi connectivity index (χ1) is 26.4. The summed E-state index contributed by atoms with van der Waals surface area (Å²) in [7, 11) is 0. The highest BCUT2D eigenvalue weighted by Crippen LogP contribution is 2.32. The van der Waals surface area contributed by atoms with E-state index >= 15 is 0 Å². The molecule has 0 saturated heterocycles. The van der Waals surface area contributed by atoms with Crippen molar-refractivity contribution in [1.82, 2.24) is 0 Å². The SMILES string of the molecule is CC(=O)/C(C)=C\C(=O)Oc1c(F)c(F)c(F)c(F)c1F.CC(=O)/C=C(/C)C(=O)Oc1c(F)c(F)c(F)c(F)c1F.O=C(Oc1c(F)c(F)c(F)c(F)c1F)C(F)(F)F. The second-order valence-corrected chi connectivity index (χ2v) is 10.2. The van der Waals surface area contributed by atoms with E-state index in [0.29, 0.717) is 6.08 Å². The van der Waals surface area contributed by atoms with E-state index in [9.17, 15) is 103 Å². The molecule has 316 valence electrons. The molecule has 0 radical (unpaired) electrons. The number of hydrogen-bond donors (Lipinski definition) is 0. The van der Waals surface area contributed by atoms with Gasteiger partial charge in [0.05, 0.1) is 0 Å². The van der Waals surface area contributed by atoms with Gasteiger partial charge in [0.15, 0.2) is 11.6 Å². The number of ketones is 2. The fraction of sp³-hybridized carbons (Fsp3) is 0.156. The molecule has 0 N–H and O–H groups in total. The Balaban J connectivity index is 0.000000436. The number of carbonyl (C=O) groups excluding carboxylic acids is 5. The zero-order valence-corrected chi connectivity index (χ0v) is 28.2. The molecule has 0 aliphatic heterocycles. The summed E-state index contributed by atoms with van der Waals surface area (Å²) in [4.78, 5) is 54.3. The van der Waals surface area contributed by atoms with E-state index in [1.54, 1.807) is 0 Å². The summed E-state index contributed by atoms with van der Waals surface area (Å²) in [6.45, 7) is 4.49. The standard InChI is InChI=1S/2C12H7F5O3.C8F8O2/c1-4(5(2)18)3-6(19)20-12-10(16)8(14)7(13)9(15)11(12)17;1-4(3-5(2)18)12(19)20-11-9(16)7(14)6(13)8(15)10(11)17;9-1-2(10)4(12)6(5(13)3(1)11)18-7(17)8(14,15)16/h2*3H,1-2H3;/b2*4-3-;. The van der Waals surface area contributed by atoms with Crippen LogP contribution in [0.4, 0.5) is 79.0 Å². The lowest BCUT2D eigenvalue weighted by atomic mass is 10.2. The molecule has 0 aromatic heterocycles. The van der Waals surface area contributed by atoms with Gasteiger partial charge in [0.1, 0.15) is 0 Å². The van der Waals surface area contributed by atoms with Crippen LogP contribution in [0.15, 0.2) is 23.3 Å². The van der Waals surface area contributed by atoms with Gasteiger partial charge in [0.25, 0.3) is 0 Å². The van der Waals surface area contributed by atoms with Crippen molar-refractivity contribution in [2.75, 3.05) is 0 Å². The Morgan fingerprint density at radius 2 is 0.672 bits per heavy atom. The fourth-order valence-corrected chi connectivity index (χ4v) is 3.12. The maximum atomic E-state index is 13.2. The van der Waals surface area contributed by atoms with Gasteiger partial charge >= 0.3 is 24.1 Å². The zero-order valence-electron chi connectivity index (χ0n) is 28.2. The summed E-state index contributed by atoms with van der Waals surface area (Å²) in [5, 5.41) is 0. The molecule has 0 saturated carbocycles. The molecule has 3 rings (SSSR count). The van der Waals surface area contributed by atoms with Gasteiger partial charge in [-0.1, -0.05) is 0 Å². The molecule has 0 atom stereocenters. The van der Waals surface area contributed by atoms with E-state index in [4.69, 9.17) is 0 Å². The number of ether oxygens (including phenoxy) is 3. The lowest BCUT2D eigenvalue weighted by Gasteiger charge is -2.09. The summed E-state index contributed by atoms with van der Waals surface area (Å²) in [6, 6.07) is 0.